The Kier molecular flexibility index (Phi) is 5.87. The van der Waals surface area contributed by atoms with Crippen LogP contribution in [0.1, 0.15) is 16.1 Å². The first-order valence-electron chi connectivity index (χ1n) is 9.62. The Morgan fingerprint density at radius 1 is 1.10 bits per heavy atom. The van der Waals surface area contributed by atoms with Crippen LogP contribution in [0.2, 0.25) is 0 Å². The Bertz CT molecular complexity index is 998. The molecule has 1 saturated heterocycles. The van der Waals surface area contributed by atoms with Gasteiger partial charge in [-0.05, 0) is 30.8 Å². The molecular formula is C22H23FN4OS. The van der Waals surface area contributed by atoms with Crippen molar-refractivity contribution in [2.45, 2.75) is 6.54 Å². The minimum Gasteiger partial charge on any atom is -0.369 e. The van der Waals surface area contributed by atoms with Crippen LogP contribution in [0.25, 0.3) is 10.6 Å². The van der Waals surface area contributed by atoms with E-state index < -0.39 is 0 Å². The molecule has 3 aromatic rings. The van der Waals surface area contributed by atoms with Gasteiger partial charge in [-0.25, -0.2) is 9.37 Å². The highest BCUT2D eigenvalue weighted by atomic mass is 32.1. The number of aromatic nitrogens is 1. The summed E-state index contributed by atoms with van der Waals surface area (Å²) in [6.45, 7) is 4.42. The molecule has 1 amide bonds. The molecule has 1 aromatic heterocycles. The molecule has 1 aliphatic heterocycles. The third-order valence-electron chi connectivity index (χ3n) is 5.12. The van der Waals surface area contributed by atoms with Crippen molar-refractivity contribution in [3.8, 4) is 10.6 Å². The quantitative estimate of drug-likeness (QED) is 0.698. The molecule has 1 fully saturated rings. The monoisotopic (exact) mass is 410 g/mol. The summed E-state index contributed by atoms with van der Waals surface area (Å²) in [5.74, 6) is -0.591. The van der Waals surface area contributed by atoms with E-state index >= 15 is 0 Å². The predicted molar refractivity (Wildman–Crippen MR) is 115 cm³/mol. The van der Waals surface area contributed by atoms with E-state index in [4.69, 9.17) is 0 Å². The number of para-hydroxylation sites is 1. The zero-order valence-electron chi connectivity index (χ0n) is 16.3. The van der Waals surface area contributed by atoms with Gasteiger partial charge in [-0.1, -0.05) is 30.3 Å². The maximum absolute atomic E-state index is 14.0. The van der Waals surface area contributed by atoms with Gasteiger partial charge in [-0.2, -0.15) is 0 Å². The first-order chi connectivity index (χ1) is 14.1. The molecule has 150 valence electrons. The molecule has 0 radical (unpaired) electrons. The van der Waals surface area contributed by atoms with Crippen LogP contribution in [0.4, 0.5) is 10.1 Å². The van der Waals surface area contributed by atoms with Crippen LogP contribution < -0.4 is 10.2 Å². The molecule has 0 atom stereocenters. The zero-order chi connectivity index (χ0) is 20.2. The molecule has 2 heterocycles. The second-order valence-corrected chi connectivity index (χ2v) is 7.98. The number of carbonyl (C=O) groups is 1. The number of nitrogens with zero attached hydrogens (tertiary/aromatic N) is 3. The number of thiazole rings is 1. The van der Waals surface area contributed by atoms with E-state index in [0.29, 0.717) is 22.8 Å². The number of hydrogen-bond donors (Lipinski definition) is 1. The molecule has 0 aliphatic carbocycles. The lowest BCUT2D eigenvalue weighted by molar-refractivity contribution is 0.0946. The number of amides is 1. The Balaban J connectivity index is 1.44. The summed E-state index contributed by atoms with van der Waals surface area (Å²) in [6, 6.07) is 14.6. The standard InChI is InChI=1S/C22H23FN4OS/c1-26-10-12-27(13-11-26)20-9-5-2-6-16(20)14-24-21(28)19-15-29-22(25-19)17-7-3-4-8-18(17)23/h2-9,15H,10-14H2,1H3,(H,24,28). The number of hydrogen-bond acceptors (Lipinski definition) is 5. The Morgan fingerprint density at radius 2 is 1.83 bits per heavy atom. The van der Waals surface area contributed by atoms with Crippen molar-refractivity contribution in [1.82, 2.24) is 15.2 Å². The van der Waals surface area contributed by atoms with E-state index in [1.165, 1.54) is 17.4 Å². The largest absolute Gasteiger partial charge is 0.369 e. The topological polar surface area (TPSA) is 48.5 Å². The molecule has 1 aliphatic rings. The summed E-state index contributed by atoms with van der Waals surface area (Å²) in [4.78, 5) is 21.6. The van der Waals surface area contributed by atoms with E-state index in [0.717, 1.165) is 37.4 Å². The molecule has 2 aromatic carbocycles. The van der Waals surface area contributed by atoms with Crippen LogP contribution in [-0.4, -0.2) is 49.0 Å². The second kappa shape index (κ2) is 8.71. The van der Waals surface area contributed by atoms with Crippen LogP contribution in [-0.2, 0) is 6.54 Å². The molecule has 4 rings (SSSR count). The highest BCUT2D eigenvalue weighted by Crippen LogP contribution is 2.26. The average Bonchev–Trinajstić information content (AvgIpc) is 3.23. The van der Waals surface area contributed by atoms with Crippen molar-refractivity contribution in [1.29, 1.82) is 0 Å². The van der Waals surface area contributed by atoms with Crippen LogP contribution in [0.5, 0.6) is 0 Å². The van der Waals surface area contributed by atoms with Gasteiger partial charge in [0.25, 0.3) is 5.91 Å². The van der Waals surface area contributed by atoms with E-state index in [-0.39, 0.29) is 11.7 Å². The maximum atomic E-state index is 14.0. The van der Waals surface area contributed by atoms with Gasteiger partial charge in [-0.15, -0.1) is 11.3 Å². The van der Waals surface area contributed by atoms with Gasteiger partial charge in [-0.3, -0.25) is 4.79 Å². The lowest BCUT2D eigenvalue weighted by atomic mass is 10.1. The number of carbonyl (C=O) groups excluding carboxylic acids is 1. The zero-order valence-corrected chi connectivity index (χ0v) is 17.1. The maximum Gasteiger partial charge on any atom is 0.271 e. The van der Waals surface area contributed by atoms with E-state index in [2.05, 4.69) is 33.2 Å². The molecule has 1 N–H and O–H groups in total. The molecule has 7 heteroatoms. The van der Waals surface area contributed by atoms with Crippen molar-refractivity contribution in [3.63, 3.8) is 0 Å². The number of rotatable bonds is 5. The predicted octanol–water partition coefficient (Wildman–Crippen LogP) is 3.63. The minimum atomic E-state index is -0.338. The average molecular weight is 411 g/mol. The van der Waals surface area contributed by atoms with E-state index in [1.807, 2.05) is 18.2 Å². The van der Waals surface area contributed by atoms with Gasteiger partial charge in [0.1, 0.15) is 16.5 Å². The fourth-order valence-corrected chi connectivity index (χ4v) is 4.25. The highest BCUT2D eigenvalue weighted by molar-refractivity contribution is 7.13. The summed E-state index contributed by atoms with van der Waals surface area (Å²) in [6.07, 6.45) is 0. The Hall–Kier alpha value is -2.77. The molecule has 29 heavy (non-hydrogen) atoms. The number of anilines is 1. The van der Waals surface area contributed by atoms with Crippen LogP contribution in [0.3, 0.4) is 0 Å². The fourth-order valence-electron chi connectivity index (χ4n) is 3.42. The highest BCUT2D eigenvalue weighted by Gasteiger charge is 2.18. The number of piperazine rings is 1. The second-order valence-electron chi connectivity index (χ2n) is 7.12. The number of benzene rings is 2. The summed E-state index contributed by atoms with van der Waals surface area (Å²) >= 11 is 1.27. The van der Waals surface area contributed by atoms with Crippen molar-refractivity contribution in [2.75, 3.05) is 38.1 Å². The van der Waals surface area contributed by atoms with Crippen molar-refractivity contribution < 1.29 is 9.18 Å². The normalized spacial score (nSPS) is 14.8. The first kappa shape index (κ1) is 19.5. The van der Waals surface area contributed by atoms with Gasteiger partial charge in [0.2, 0.25) is 0 Å². The molecule has 0 saturated carbocycles. The lowest BCUT2D eigenvalue weighted by Crippen LogP contribution is -2.45. The van der Waals surface area contributed by atoms with Gasteiger partial charge < -0.3 is 15.1 Å². The minimum absolute atomic E-state index is 0.253. The van der Waals surface area contributed by atoms with Gasteiger partial charge in [0, 0.05) is 49.4 Å². The van der Waals surface area contributed by atoms with Gasteiger partial charge >= 0.3 is 0 Å². The van der Waals surface area contributed by atoms with Crippen LogP contribution >= 0.6 is 11.3 Å². The van der Waals surface area contributed by atoms with Gasteiger partial charge in [0.15, 0.2) is 0 Å². The summed E-state index contributed by atoms with van der Waals surface area (Å²) in [7, 11) is 2.13. The van der Waals surface area contributed by atoms with Crippen LogP contribution in [0.15, 0.2) is 53.9 Å². The smallest absolute Gasteiger partial charge is 0.271 e. The van der Waals surface area contributed by atoms with Crippen molar-refractivity contribution in [2.24, 2.45) is 0 Å². The summed E-state index contributed by atoms with van der Waals surface area (Å²) < 4.78 is 14.0. The summed E-state index contributed by atoms with van der Waals surface area (Å²) in [5, 5.41) is 5.13. The molecule has 0 unspecified atom stereocenters. The number of likely N-dealkylation sites (N-methyl/N-ethyl adjacent to an activating group) is 1. The van der Waals surface area contributed by atoms with Crippen molar-refractivity contribution in [3.05, 3.63) is 71.0 Å². The van der Waals surface area contributed by atoms with Gasteiger partial charge in [0.05, 0.1) is 0 Å². The Morgan fingerprint density at radius 3 is 2.62 bits per heavy atom. The third kappa shape index (κ3) is 4.46. The number of halogens is 1. The fraction of sp³-hybridized carbons (Fsp3) is 0.273. The van der Waals surface area contributed by atoms with E-state index in [1.54, 1.807) is 23.6 Å². The summed E-state index contributed by atoms with van der Waals surface area (Å²) in [5.41, 5.74) is 2.96. The molecular weight excluding hydrogens is 387 g/mol. The SMILES string of the molecule is CN1CCN(c2ccccc2CNC(=O)c2csc(-c3ccccc3F)n2)CC1. The molecule has 5 nitrogen and oxygen atoms in total. The van der Waals surface area contributed by atoms with Crippen LogP contribution in [0, 0.1) is 5.82 Å². The van der Waals surface area contributed by atoms with Crippen molar-refractivity contribution >= 4 is 22.9 Å². The Labute approximate surface area is 173 Å². The molecule has 0 bridgehead atoms. The third-order valence-corrected chi connectivity index (χ3v) is 5.99. The molecule has 0 spiro atoms. The van der Waals surface area contributed by atoms with E-state index in [9.17, 15) is 9.18 Å². The lowest BCUT2D eigenvalue weighted by Gasteiger charge is -2.35. The first-order valence-corrected chi connectivity index (χ1v) is 10.5. The number of nitrogens with one attached hydrogen (secondary N) is 1.